The van der Waals surface area contributed by atoms with E-state index in [1.807, 2.05) is 36.4 Å². The van der Waals surface area contributed by atoms with E-state index in [-0.39, 0.29) is 0 Å². The van der Waals surface area contributed by atoms with Crippen LogP contribution in [0.3, 0.4) is 0 Å². The second kappa shape index (κ2) is 6.30. The molecular formula is C16H19FO4S2. The lowest BCUT2D eigenvalue weighted by Crippen LogP contribution is -2.15. The Bertz CT molecular complexity index is 814. The van der Waals surface area contributed by atoms with E-state index < -0.39 is 26.4 Å². The fourth-order valence-corrected chi connectivity index (χ4v) is 8.51. The van der Waals surface area contributed by atoms with Crippen LogP contribution in [-0.2, 0) is 13.7 Å². The average molecular weight is 358 g/mol. The van der Waals surface area contributed by atoms with Crippen LogP contribution in [0, 0.1) is 0 Å². The molecule has 1 saturated heterocycles. The number of halogens is 1. The zero-order valence-electron chi connectivity index (χ0n) is 12.8. The van der Waals surface area contributed by atoms with Crippen molar-refractivity contribution in [2.24, 2.45) is 0 Å². The van der Waals surface area contributed by atoms with Crippen LogP contribution in [0.25, 0.3) is 10.8 Å². The molecule has 4 nitrogen and oxygen atoms in total. The molecule has 0 spiro atoms. The summed E-state index contributed by atoms with van der Waals surface area (Å²) in [4.78, 5) is 0.864. The fraction of sp³-hybridized carbons (Fsp3) is 0.375. The molecule has 0 unspecified atom stereocenters. The number of hydrogen-bond acceptors (Lipinski definition) is 4. The number of hydrogen-bond donors (Lipinski definition) is 0. The first-order valence-corrected chi connectivity index (χ1v) is 10.8. The molecule has 23 heavy (non-hydrogen) atoms. The molecule has 1 heterocycles. The van der Waals surface area contributed by atoms with Crippen LogP contribution in [0.1, 0.15) is 12.8 Å². The van der Waals surface area contributed by atoms with Gasteiger partial charge in [-0.05, 0) is 30.4 Å². The van der Waals surface area contributed by atoms with E-state index in [0.29, 0.717) is 11.5 Å². The second-order valence-electron chi connectivity index (χ2n) is 5.47. The highest BCUT2D eigenvalue weighted by molar-refractivity contribution is 8.33. The summed E-state index contributed by atoms with van der Waals surface area (Å²) >= 11 is 0. The summed E-state index contributed by atoms with van der Waals surface area (Å²) in [7, 11) is -4.60. The minimum atomic E-state index is -4.15. The Morgan fingerprint density at radius 1 is 1.09 bits per heavy atom. The third kappa shape index (κ3) is 3.05. The van der Waals surface area contributed by atoms with E-state index in [2.05, 4.69) is 0 Å². The van der Waals surface area contributed by atoms with Crippen molar-refractivity contribution in [3.05, 3.63) is 36.4 Å². The number of rotatable bonds is 5. The summed E-state index contributed by atoms with van der Waals surface area (Å²) in [5.74, 6) is 2.01. The Morgan fingerprint density at radius 3 is 2.35 bits per heavy atom. The van der Waals surface area contributed by atoms with Crippen molar-refractivity contribution in [1.82, 2.24) is 0 Å². The average Bonchev–Trinajstić information content (AvgIpc) is 3.02. The largest absolute Gasteiger partial charge is 0.496 e. The topological polar surface area (TPSA) is 52.6 Å². The lowest BCUT2D eigenvalue weighted by Gasteiger charge is -2.35. The van der Waals surface area contributed by atoms with Gasteiger partial charge in [0.15, 0.2) is 0 Å². The molecule has 1 fully saturated rings. The molecule has 0 saturated carbocycles. The van der Waals surface area contributed by atoms with Crippen molar-refractivity contribution in [3.8, 4) is 5.75 Å². The Kier molecular flexibility index (Phi) is 4.53. The highest BCUT2D eigenvalue weighted by Crippen LogP contribution is 2.64. The lowest BCUT2D eigenvalue weighted by atomic mass is 10.1. The van der Waals surface area contributed by atoms with Gasteiger partial charge < -0.3 is 4.74 Å². The SMILES string of the molecule is COc1ccc(S2(OS(=O)(=O)CF)CCCC2)c2ccccc12. The minimum absolute atomic E-state index is 0.641. The Morgan fingerprint density at radius 2 is 1.74 bits per heavy atom. The van der Waals surface area contributed by atoms with Crippen LogP contribution in [0.15, 0.2) is 41.3 Å². The van der Waals surface area contributed by atoms with Gasteiger partial charge in [-0.25, -0.2) is 8.02 Å². The normalized spacial score (nSPS) is 18.9. The standard InChI is InChI=1S/C16H19FO4S2/c1-20-15-8-9-16(14-7-3-2-6-13(14)15)22(10-4-5-11-22)21-23(18,19)12-17/h2-3,6-9H,4-5,10-12H2,1H3. The predicted octanol–water partition coefficient (Wildman–Crippen LogP) is 3.99. The lowest BCUT2D eigenvalue weighted by molar-refractivity contribution is 0.419. The van der Waals surface area contributed by atoms with Crippen LogP contribution in [0.4, 0.5) is 4.39 Å². The van der Waals surface area contributed by atoms with E-state index in [1.54, 1.807) is 7.11 Å². The second-order valence-corrected chi connectivity index (χ2v) is 10.2. The van der Waals surface area contributed by atoms with Gasteiger partial charge in [-0.1, -0.05) is 34.6 Å². The van der Waals surface area contributed by atoms with Gasteiger partial charge in [-0.2, -0.15) is 8.42 Å². The van der Waals surface area contributed by atoms with Crippen molar-refractivity contribution < 1.29 is 21.2 Å². The molecule has 1 aliphatic rings. The summed E-state index contributed by atoms with van der Waals surface area (Å²) in [5.41, 5.74) is 0. The van der Waals surface area contributed by atoms with Gasteiger partial charge in [0.1, 0.15) is 5.75 Å². The van der Waals surface area contributed by atoms with Crippen LogP contribution >= 0.6 is 10.3 Å². The zero-order valence-corrected chi connectivity index (χ0v) is 14.5. The summed E-state index contributed by atoms with van der Waals surface area (Å²) in [6, 6.07) is 9.89. The van der Waals surface area contributed by atoms with E-state index in [1.165, 1.54) is 0 Å². The Labute approximate surface area is 137 Å². The van der Waals surface area contributed by atoms with Crippen LogP contribution in [-0.4, -0.2) is 33.0 Å². The predicted molar refractivity (Wildman–Crippen MR) is 91.3 cm³/mol. The van der Waals surface area contributed by atoms with Crippen molar-refractivity contribution in [3.63, 3.8) is 0 Å². The number of ether oxygens (including phenoxy) is 1. The van der Waals surface area contributed by atoms with E-state index in [4.69, 9.17) is 8.37 Å². The molecule has 7 heteroatoms. The number of alkyl halides is 1. The summed E-state index contributed by atoms with van der Waals surface area (Å²) in [6.45, 7) is 0. The summed E-state index contributed by atoms with van der Waals surface area (Å²) in [5, 5.41) is 1.82. The van der Waals surface area contributed by atoms with Gasteiger partial charge in [0.25, 0.3) is 0 Å². The fourth-order valence-electron chi connectivity index (χ4n) is 3.06. The van der Waals surface area contributed by atoms with Gasteiger partial charge in [0, 0.05) is 21.8 Å². The number of methoxy groups -OCH3 is 1. The monoisotopic (exact) mass is 358 g/mol. The Balaban J connectivity index is 2.20. The molecule has 2 aromatic carbocycles. The van der Waals surface area contributed by atoms with E-state index >= 15 is 0 Å². The molecule has 2 aromatic rings. The first-order chi connectivity index (χ1) is 11.0. The first-order valence-electron chi connectivity index (χ1n) is 7.35. The molecule has 3 rings (SSSR count). The molecule has 0 aromatic heterocycles. The molecule has 0 aliphatic carbocycles. The maximum Gasteiger partial charge on any atom is 0.306 e. The van der Waals surface area contributed by atoms with Crippen molar-refractivity contribution in [2.75, 3.05) is 24.6 Å². The molecule has 1 aliphatic heterocycles. The van der Waals surface area contributed by atoms with Crippen LogP contribution < -0.4 is 4.74 Å². The quantitative estimate of drug-likeness (QED) is 0.811. The molecular weight excluding hydrogens is 339 g/mol. The van der Waals surface area contributed by atoms with Crippen LogP contribution in [0.5, 0.6) is 5.75 Å². The zero-order chi connectivity index (χ0) is 16.5. The number of fused-ring (bicyclic) bond motifs is 1. The third-order valence-corrected chi connectivity index (χ3v) is 9.22. The van der Waals surface area contributed by atoms with Crippen molar-refractivity contribution in [1.29, 1.82) is 0 Å². The molecule has 0 N–H and O–H groups in total. The summed E-state index contributed by atoms with van der Waals surface area (Å²) < 4.78 is 47.2. The molecule has 0 atom stereocenters. The van der Waals surface area contributed by atoms with Gasteiger partial charge in [0.05, 0.1) is 7.11 Å². The highest BCUT2D eigenvalue weighted by atomic mass is 32.3. The molecule has 0 bridgehead atoms. The van der Waals surface area contributed by atoms with E-state index in [0.717, 1.165) is 34.3 Å². The minimum Gasteiger partial charge on any atom is -0.496 e. The van der Waals surface area contributed by atoms with E-state index in [9.17, 15) is 12.8 Å². The smallest absolute Gasteiger partial charge is 0.306 e. The number of benzene rings is 2. The maximum absolute atomic E-state index is 12.8. The first kappa shape index (κ1) is 16.5. The highest BCUT2D eigenvalue weighted by Gasteiger charge is 2.37. The van der Waals surface area contributed by atoms with Gasteiger partial charge >= 0.3 is 10.1 Å². The molecule has 0 amide bonds. The third-order valence-electron chi connectivity index (χ3n) is 4.03. The van der Waals surface area contributed by atoms with Gasteiger partial charge in [-0.15, -0.1) is 0 Å². The molecule has 0 radical (unpaired) electrons. The maximum atomic E-state index is 12.8. The Hall–Kier alpha value is -1.31. The van der Waals surface area contributed by atoms with Crippen molar-refractivity contribution >= 4 is 31.2 Å². The summed E-state index contributed by atoms with van der Waals surface area (Å²) in [6.07, 6.45) is 1.77. The molecule has 126 valence electrons. The van der Waals surface area contributed by atoms with Crippen molar-refractivity contribution in [2.45, 2.75) is 17.7 Å². The van der Waals surface area contributed by atoms with Gasteiger partial charge in [-0.3, -0.25) is 0 Å². The van der Waals surface area contributed by atoms with Gasteiger partial charge in [0.2, 0.25) is 6.01 Å². The van der Waals surface area contributed by atoms with Crippen LogP contribution in [0.2, 0.25) is 0 Å².